The molecule has 2 aromatic rings. The van der Waals surface area contributed by atoms with E-state index in [9.17, 15) is 8.42 Å². The summed E-state index contributed by atoms with van der Waals surface area (Å²) in [6.07, 6.45) is 0.0638. The molecule has 4 nitrogen and oxygen atoms in total. The van der Waals surface area contributed by atoms with Crippen molar-refractivity contribution in [3.8, 4) is 5.75 Å². The van der Waals surface area contributed by atoms with Crippen molar-refractivity contribution < 1.29 is 17.9 Å². The van der Waals surface area contributed by atoms with E-state index in [1.54, 1.807) is 42.5 Å². The van der Waals surface area contributed by atoms with Crippen LogP contribution < -0.4 is 4.74 Å². The molecule has 0 bridgehead atoms. The molecule has 2 aromatic carbocycles. The van der Waals surface area contributed by atoms with Crippen LogP contribution in [0.4, 0.5) is 0 Å². The van der Waals surface area contributed by atoms with Crippen LogP contribution in [0.2, 0.25) is 0 Å². The smallest absolute Gasteiger partial charge is 0.211 e. The lowest BCUT2D eigenvalue weighted by Gasteiger charge is -2.13. The van der Waals surface area contributed by atoms with Crippen LogP contribution in [-0.2, 0) is 14.6 Å². The summed E-state index contributed by atoms with van der Waals surface area (Å²) >= 11 is 3.33. The van der Waals surface area contributed by atoms with E-state index >= 15 is 0 Å². The number of ether oxygens (including phenoxy) is 2. The summed E-state index contributed by atoms with van der Waals surface area (Å²) in [6, 6.07) is 11.9. The molecule has 1 fully saturated rings. The van der Waals surface area contributed by atoms with Crippen LogP contribution in [0.25, 0.3) is 0 Å². The van der Waals surface area contributed by atoms with Gasteiger partial charge in [0.1, 0.15) is 23.4 Å². The Balaban J connectivity index is 2.02. The number of benzene rings is 2. The maximum absolute atomic E-state index is 12.9. The van der Waals surface area contributed by atoms with E-state index in [1.807, 2.05) is 6.92 Å². The fourth-order valence-electron chi connectivity index (χ4n) is 2.05. The lowest BCUT2D eigenvalue weighted by atomic mass is 10.2. The predicted octanol–water partition coefficient (Wildman–Crippen LogP) is 3.37. The highest BCUT2D eigenvalue weighted by Crippen LogP contribution is 2.36. The Bertz CT molecular complexity index is 780. The third kappa shape index (κ3) is 3.19. The summed E-state index contributed by atoms with van der Waals surface area (Å²) in [4.78, 5) is 0.400. The van der Waals surface area contributed by atoms with Gasteiger partial charge < -0.3 is 9.47 Å². The highest BCUT2D eigenvalue weighted by atomic mass is 79.9. The average Bonchev–Trinajstić information content (AvgIpc) is 3.29. The summed E-state index contributed by atoms with van der Waals surface area (Å²) < 4.78 is 37.0. The molecule has 0 radical (unpaired) electrons. The first-order valence-electron chi connectivity index (χ1n) is 6.83. The molecule has 0 amide bonds. The monoisotopic (exact) mass is 382 g/mol. The highest BCUT2D eigenvalue weighted by Gasteiger charge is 2.28. The normalized spacial score (nSPS) is 17.3. The lowest BCUT2D eigenvalue weighted by molar-refractivity contribution is 0.257. The van der Waals surface area contributed by atoms with Gasteiger partial charge in [0.25, 0.3) is 0 Å². The van der Waals surface area contributed by atoms with Gasteiger partial charge in [0.15, 0.2) is 0 Å². The third-order valence-electron chi connectivity index (χ3n) is 3.36. The summed E-state index contributed by atoms with van der Waals surface area (Å²) in [5, 5.41) is 0. The Labute approximate surface area is 138 Å². The van der Waals surface area contributed by atoms with Crippen LogP contribution in [0, 0.1) is 6.92 Å². The van der Waals surface area contributed by atoms with Crippen molar-refractivity contribution >= 4 is 25.8 Å². The number of halogens is 1. The molecule has 22 heavy (non-hydrogen) atoms. The minimum atomic E-state index is -3.66. The molecule has 1 heterocycles. The van der Waals surface area contributed by atoms with Gasteiger partial charge in [-0.25, -0.2) is 8.42 Å². The molecule has 0 aliphatic carbocycles. The van der Waals surface area contributed by atoms with Gasteiger partial charge in [-0.1, -0.05) is 23.8 Å². The van der Waals surface area contributed by atoms with Gasteiger partial charge in [0, 0.05) is 4.47 Å². The number of hydrogen-bond acceptors (Lipinski definition) is 4. The minimum absolute atomic E-state index is 0.0638. The molecule has 0 aromatic heterocycles. The summed E-state index contributed by atoms with van der Waals surface area (Å²) in [7, 11) is -3.66. The first kappa shape index (κ1) is 15.5. The Hall–Kier alpha value is -1.37. The quantitative estimate of drug-likeness (QED) is 0.743. The van der Waals surface area contributed by atoms with E-state index in [0.717, 1.165) is 5.56 Å². The molecular weight excluding hydrogens is 368 g/mol. The van der Waals surface area contributed by atoms with Gasteiger partial charge in [-0.2, -0.15) is 0 Å². The van der Waals surface area contributed by atoms with Gasteiger partial charge in [0.2, 0.25) is 9.84 Å². The molecule has 1 saturated heterocycles. The first-order chi connectivity index (χ1) is 10.5. The van der Waals surface area contributed by atoms with Crippen molar-refractivity contribution in [2.24, 2.45) is 0 Å². The molecule has 0 N–H and O–H groups in total. The van der Waals surface area contributed by atoms with E-state index in [-0.39, 0.29) is 15.9 Å². The highest BCUT2D eigenvalue weighted by molar-refractivity contribution is 9.10. The van der Waals surface area contributed by atoms with E-state index in [2.05, 4.69) is 15.9 Å². The number of aryl methyl sites for hydroxylation is 1. The zero-order valence-electron chi connectivity index (χ0n) is 12.0. The fraction of sp³-hybridized carbons (Fsp3) is 0.250. The fourth-order valence-corrected chi connectivity index (χ4v) is 4.48. The molecule has 0 spiro atoms. The van der Waals surface area contributed by atoms with Crippen LogP contribution in [0.15, 0.2) is 56.7 Å². The largest absolute Gasteiger partial charge is 0.489 e. The SMILES string of the molecule is Cc1ccc(S(=O)(=O)c2c(Br)cccc2OCC2CO2)cc1. The topological polar surface area (TPSA) is 55.9 Å². The molecule has 1 atom stereocenters. The molecule has 1 aliphatic heterocycles. The molecular formula is C16H15BrO4S. The summed E-state index contributed by atoms with van der Waals surface area (Å²) in [6.45, 7) is 2.93. The second-order valence-corrected chi connectivity index (χ2v) is 7.89. The zero-order chi connectivity index (χ0) is 15.7. The molecule has 6 heteroatoms. The van der Waals surface area contributed by atoms with Crippen molar-refractivity contribution in [1.82, 2.24) is 0 Å². The maximum Gasteiger partial charge on any atom is 0.211 e. The maximum atomic E-state index is 12.9. The van der Waals surface area contributed by atoms with Crippen LogP contribution in [-0.4, -0.2) is 27.7 Å². The number of hydrogen-bond donors (Lipinski definition) is 0. The van der Waals surface area contributed by atoms with Crippen LogP contribution >= 0.6 is 15.9 Å². The molecule has 1 aliphatic rings. The Morgan fingerprint density at radius 2 is 1.91 bits per heavy atom. The standard InChI is InChI=1S/C16H15BrO4S/c1-11-5-7-13(8-6-11)22(18,19)16-14(17)3-2-4-15(16)21-10-12-9-20-12/h2-8,12H,9-10H2,1H3. The third-order valence-corrected chi connectivity index (χ3v) is 6.13. The van der Waals surface area contributed by atoms with Crippen LogP contribution in [0.1, 0.15) is 5.56 Å². The predicted molar refractivity (Wildman–Crippen MR) is 86.0 cm³/mol. The number of rotatable bonds is 5. The number of sulfone groups is 1. The van der Waals surface area contributed by atoms with E-state index in [0.29, 0.717) is 23.4 Å². The van der Waals surface area contributed by atoms with E-state index < -0.39 is 9.84 Å². The van der Waals surface area contributed by atoms with Gasteiger partial charge in [0.05, 0.1) is 11.5 Å². The van der Waals surface area contributed by atoms with Gasteiger partial charge in [-0.3, -0.25) is 0 Å². The molecule has 3 rings (SSSR count). The van der Waals surface area contributed by atoms with Crippen molar-refractivity contribution in [3.05, 3.63) is 52.5 Å². The van der Waals surface area contributed by atoms with E-state index in [4.69, 9.17) is 9.47 Å². The molecule has 1 unspecified atom stereocenters. The summed E-state index contributed by atoms with van der Waals surface area (Å²) in [5.74, 6) is 0.338. The van der Waals surface area contributed by atoms with Crippen LogP contribution in [0.5, 0.6) is 5.75 Å². The minimum Gasteiger partial charge on any atom is -0.489 e. The van der Waals surface area contributed by atoms with Gasteiger partial charge in [-0.15, -0.1) is 0 Å². The zero-order valence-corrected chi connectivity index (χ0v) is 14.4. The van der Waals surface area contributed by atoms with Crippen molar-refractivity contribution in [2.45, 2.75) is 22.8 Å². The van der Waals surface area contributed by atoms with Gasteiger partial charge in [-0.05, 0) is 47.1 Å². The van der Waals surface area contributed by atoms with Crippen LogP contribution in [0.3, 0.4) is 0 Å². The number of epoxide rings is 1. The Morgan fingerprint density at radius 1 is 1.23 bits per heavy atom. The second-order valence-electron chi connectivity index (χ2n) is 5.15. The van der Waals surface area contributed by atoms with Crippen molar-refractivity contribution in [1.29, 1.82) is 0 Å². The van der Waals surface area contributed by atoms with E-state index in [1.165, 1.54) is 0 Å². The lowest BCUT2D eigenvalue weighted by Crippen LogP contribution is -2.10. The average molecular weight is 383 g/mol. The van der Waals surface area contributed by atoms with Crippen molar-refractivity contribution in [2.75, 3.05) is 13.2 Å². The Kier molecular flexibility index (Phi) is 4.25. The Morgan fingerprint density at radius 3 is 2.55 bits per heavy atom. The van der Waals surface area contributed by atoms with Gasteiger partial charge >= 0.3 is 0 Å². The molecule has 116 valence electrons. The first-order valence-corrected chi connectivity index (χ1v) is 9.11. The molecule has 0 saturated carbocycles. The summed E-state index contributed by atoms with van der Waals surface area (Å²) in [5.41, 5.74) is 1.01. The second kappa shape index (κ2) is 6.02. The van der Waals surface area contributed by atoms with Crippen molar-refractivity contribution in [3.63, 3.8) is 0 Å².